The Kier molecular flexibility index (Phi) is 4.53. The Bertz CT molecular complexity index is 1080. The predicted octanol–water partition coefficient (Wildman–Crippen LogP) is 2.69. The molecule has 1 saturated heterocycles. The molecule has 4 heterocycles. The second kappa shape index (κ2) is 7.36. The van der Waals surface area contributed by atoms with Gasteiger partial charge in [-0.25, -0.2) is 23.7 Å². The Balaban J connectivity index is 1.30. The third-order valence-electron chi connectivity index (χ3n) is 5.26. The zero-order valence-electron chi connectivity index (χ0n) is 15.8. The Morgan fingerprint density at radius 3 is 2.77 bits per heavy atom. The minimum Gasteiger partial charge on any atom is -0.491 e. The number of carbonyl (C=O) groups excluding carboxylic acids is 1. The average Bonchev–Trinajstić information content (AvgIpc) is 3.09. The van der Waals surface area contributed by atoms with Crippen LogP contribution in [0.3, 0.4) is 0 Å². The normalized spacial score (nSPS) is 15.6. The zero-order valence-corrected chi connectivity index (χ0v) is 15.8. The van der Waals surface area contributed by atoms with Crippen molar-refractivity contribution >= 4 is 17.5 Å². The van der Waals surface area contributed by atoms with E-state index in [2.05, 4.69) is 20.3 Å². The molecule has 0 unspecified atom stereocenters. The van der Waals surface area contributed by atoms with Gasteiger partial charge in [-0.1, -0.05) is 0 Å². The quantitative estimate of drug-likeness (QED) is 0.709. The van der Waals surface area contributed by atoms with Crippen LogP contribution in [0.1, 0.15) is 10.4 Å². The number of ether oxygens (including phenoxy) is 1. The third kappa shape index (κ3) is 3.34. The minimum absolute atomic E-state index is 0.233. The number of fused-ring (bicyclic) bond motifs is 3. The van der Waals surface area contributed by atoms with Crippen LogP contribution in [0.5, 0.6) is 5.75 Å². The number of imidazole rings is 1. The van der Waals surface area contributed by atoms with Gasteiger partial charge in [-0.2, -0.15) is 0 Å². The van der Waals surface area contributed by atoms with E-state index in [1.54, 1.807) is 35.6 Å². The maximum atomic E-state index is 12.7. The van der Waals surface area contributed by atoms with Gasteiger partial charge in [0, 0.05) is 24.2 Å². The van der Waals surface area contributed by atoms with Gasteiger partial charge in [0.1, 0.15) is 12.4 Å². The summed E-state index contributed by atoms with van der Waals surface area (Å²) in [5, 5.41) is 2.76. The number of hydrogen-bond donors (Lipinski definition) is 1. The molecule has 5 rings (SSSR count). The van der Waals surface area contributed by atoms with Crippen molar-refractivity contribution in [3.8, 4) is 17.0 Å². The molecule has 1 amide bonds. The maximum absolute atomic E-state index is 12.7. The van der Waals surface area contributed by atoms with Crippen molar-refractivity contribution in [2.75, 3.05) is 29.9 Å². The molecule has 1 N–H and O–H groups in total. The summed E-state index contributed by atoms with van der Waals surface area (Å²) in [5.74, 6) is 0.128. The molecule has 3 aromatic rings. The van der Waals surface area contributed by atoms with E-state index < -0.39 is 12.3 Å². The molecule has 8 nitrogen and oxygen atoms in total. The average molecular weight is 412 g/mol. The third-order valence-corrected chi connectivity index (χ3v) is 5.26. The van der Waals surface area contributed by atoms with Crippen molar-refractivity contribution < 1.29 is 18.3 Å². The van der Waals surface area contributed by atoms with Crippen LogP contribution in [0.25, 0.3) is 11.3 Å². The molecule has 1 fully saturated rings. The molecular formula is C20H18F2N6O2. The Labute approximate surface area is 170 Å². The second-order valence-corrected chi connectivity index (χ2v) is 7.26. The van der Waals surface area contributed by atoms with Gasteiger partial charge < -0.3 is 19.5 Å². The first-order valence-corrected chi connectivity index (χ1v) is 9.52. The summed E-state index contributed by atoms with van der Waals surface area (Å²) in [6.07, 6.45) is 4.09. The fourth-order valence-electron chi connectivity index (χ4n) is 3.56. The standard InChI is InChI=1S/C20H18F2N6O2/c21-18(22)13-9-28(10-13)20-24-6-14(7-25-20)26-19(29)12-1-2-17-15(5-12)16-8-23-11-27(16)3-4-30-17/h1-2,5-8,11,13,18H,3-4,9-10H2,(H,26,29). The molecular weight excluding hydrogens is 394 g/mol. The lowest BCUT2D eigenvalue weighted by atomic mass is 10.0. The van der Waals surface area contributed by atoms with Crippen molar-refractivity contribution in [2.45, 2.75) is 13.0 Å². The highest BCUT2D eigenvalue weighted by Gasteiger charge is 2.35. The van der Waals surface area contributed by atoms with Crippen LogP contribution < -0.4 is 15.0 Å². The van der Waals surface area contributed by atoms with E-state index in [-0.39, 0.29) is 19.0 Å². The molecule has 1 aromatic carbocycles. The van der Waals surface area contributed by atoms with Crippen LogP contribution in [-0.2, 0) is 6.54 Å². The summed E-state index contributed by atoms with van der Waals surface area (Å²) >= 11 is 0. The van der Waals surface area contributed by atoms with Gasteiger partial charge in [-0.3, -0.25) is 4.79 Å². The molecule has 0 spiro atoms. The van der Waals surface area contributed by atoms with Crippen molar-refractivity contribution in [1.82, 2.24) is 19.5 Å². The molecule has 0 saturated carbocycles. The molecule has 0 radical (unpaired) electrons. The monoisotopic (exact) mass is 412 g/mol. The summed E-state index contributed by atoms with van der Waals surface area (Å²) in [7, 11) is 0. The van der Waals surface area contributed by atoms with Crippen LogP contribution >= 0.6 is 0 Å². The first kappa shape index (κ1) is 18.5. The van der Waals surface area contributed by atoms with Crippen LogP contribution in [0, 0.1) is 5.92 Å². The van der Waals surface area contributed by atoms with Gasteiger partial charge in [0.2, 0.25) is 12.4 Å². The molecule has 154 valence electrons. The topological polar surface area (TPSA) is 85.2 Å². The number of aromatic nitrogens is 4. The number of carbonyl (C=O) groups is 1. The molecule has 0 aliphatic carbocycles. The van der Waals surface area contributed by atoms with E-state index in [0.29, 0.717) is 36.1 Å². The summed E-state index contributed by atoms with van der Waals surface area (Å²) in [5.41, 5.74) is 2.57. The summed E-state index contributed by atoms with van der Waals surface area (Å²) < 4.78 is 32.9. The highest BCUT2D eigenvalue weighted by molar-refractivity contribution is 6.05. The fraction of sp³-hybridized carbons (Fsp3) is 0.300. The molecule has 10 heteroatoms. The Morgan fingerprint density at radius 1 is 1.20 bits per heavy atom. The molecule has 30 heavy (non-hydrogen) atoms. The van der Waals surface area contributed by atoms with Crippen molar-refractivity contribution in [3.05, 3.63) is 48.7 Å². The van der Waals surface area contributed by atoms with Crippen LogP contribution in [0.4, 0.5) is 20.4 Å². The van der Waals surface area contributed by atoms with E-state index in [9.17, 15) is 13.6 Å². The van der Waals surface area contributed by atoms with Gasteiger partial charge in [0.15, 0.2) is 0 Å². The minimum atomic E-state index is -2.33. The van der Waals surface area contributed by atoms with Crippen molar-refractivity contribution in [3.63, 3.8) is 0 Å². The number of nitrogens with one attached hydrogen (secondary N) is 1. The smallest absolute Gasteiger partial charge is 0.255 e. The molecule has 2 aromatic heterocycles. The first-order valence-electron chi connectivity index (χ1n) is 9.52. The number of anilines is 2. The number of amides is 1. The van der Waals surface area contributed by atoms with E-state index in [1.165, 1.54) is 12.4 Å². The highest BCUT2D eigenvalue weighted by Crippen LogP contribution is 2.33. The number of rotatable bonds is 4. The van der Waals surface area contributed by atoms with Gasteiger partial charge in [0.25, 0.3) is 5.91 Å². The number of alkyl halides is 2. The molecule has 0 atom stereocenters. The van der Waals surface area contributed by atoms with Crippen molar-refractivity contribution in [2.24, 2.45) is 5.92 Å². The summed E-state index contributed by atoms with van der Waals surface area (Å²) in [4.78, 5) is 26.9. The summed E-state index contributed by atoms with van der Waals surface area (Å²) in [6.45, 7) is 1.68. The van der Waals surface area contributed by atoms with Gasteiger partial charge in [-0.05, 0) is 18.2 Å². The van der Waals surface area contributed by atoms with E-state index >= 15 is 0 Å². The molecule has 2 aliphatic heterocycles. The SMILES string of the molecule is O=C(Nc1cnc(N2CC(C(F)F)C2)nc1)c1ccc2c(c1)-c1cncn1CCO2. The number of nitrogens with zero attached hydrogens (tertiary/aromatic N) is 5. The van der Waals surface area contributed by atoms with Crippen molar-refractivity contribution in [1.29, 1.82) is 0 Å². The number of hydrogen-bond acceptors (Lipinski definition) is 6. The van der Waals surface area contributed by atoms with E-state index in [0.717, 1.165) is 11.3 Å². The van der Waals surface area contributed by atoms with Crippen LogP contribution in [0.15, 0.2) is 43.1 Å². The molecule has 0 bridgehead atoms. The maximum Gasteiger partial charge on any atom is 0.255 e. The summed E-state index contributed by atoms with van der Waals surface area (Å²) in [6, 6.07) is 5.24. The predicted molar refractivity (Wildman–Crippen MR) is 105 cm³/mol. The second-order valence-electron chi connectivity index (χ2n) is 7.26. The molecule has 2 aliphatic rings. The van der Waals surface area contributed by atoms with Gasteiger partial charge >= 0.3 is 0 Å². The lowest BCUT2D eigenvalue weighted by molar-refractivity contribution is 0.0608. The van der Waals surface area contributed by atoms with E-state index in [4.69, 9.17) is 4.74 Å². The van der Waals surface area contributed by atoms with Gasteiger partial charge in [-0.15, -0.1) is 0 Å². The Hall–Kier alpha value is -3.56. The zero-order chi connectivity index (χ0) is 20.7. The fourth-order valence-corrected chi connectivity index (χ4v) is 3.56. The number of benzene rings is 1. The van der Waals surface area contributed by atoms with Gasteiger partial charge in [0.05, 0.1) is 48.8 Å². The first-order chi connectivity index (χ1) is 14.6. The highest BCUT2D eigenvalue weighted by atomic mass is 19.3. The Morgan fingerprint density at radius 2 is 2.00 bits per heavy atom. The van der Waals surface area contributed by atoms with Crippen LogP contribution in [0.2, 0.25) is 0 Å². The van der Waals surface area contributed by atoms with E-state index in [1.807, 2.05) is 4.57 Å². The van der Waals surface area contributed by atoms with Crippen LogP contribution in [-0.4, -0.2) is 51.5 Å². The largest absolute Gasteiger partial charge is 0.491 e. The lowest BCUT2D eigenvalue weighted by Crippen LogP contribution is -2.50. The lowest BCUT2D eigenvalue weighted by Gasteiger charge is -2.38. The number of halogens is 2.